The number of carbonyl (C=O) groups excluding carboxylic acids is 3. The second kappa shape index (κ2) is 10.4. The Morgan fingerprint density at radius 2 is 1.83 bits per heavy atom. The lowest BCUT2D eigenvalue weighted by Gasteiger charge is -2.35. The summed E-state index contributed by atoms with van der Waals surface area (Å²) in [5.74, 6) is -1.24. The molecule has 30 heavy (non-hydrogen) atoms. The van der Waals surface area contributed by atoms with E-state index in [0.717, 1.165) is 5.69 Å². The van der Waals surface area contributed by atoms with Crippen LogP contribution in [0, 0.1) is 0 Å². The number of rotatable bonds is 8. The fourth-order valence-corrected chi connectivity index (χ4v) is 3.23. The summed E-state index contributed by atoms with van der Waals surface area (Å²) in [5, 5.41) is 5.95. The lowest BCUT2D eigenvalue weighted by Crippen LogP contribution is -2.58. The molecule has 3 rings (SSSR count). The summed E-state index contributed by atoms with van der Waals surface area (Å²) in [6.07, 6.45) is -0.213. The van der Waals surface area contributed by atoms with E-state index < -0.39 is 12.0 Å². The van der Waals surface area contributed by atoms with Gasteiger partial charge in [0.2, 0.25) is 5.91 Å². The number of benzene rings is 2. The standard InChI is InChI=1S/C22H25N3O5/c1-29-13-14-30-20(26)15-19-21(27)23-11-12-25(19)22(28)17-9-5-6-10-18(17)24-16-7-3-2-4-8-16/h2-10,19,24H,11-15H2,1H3,(H,23,27). The van der Waals surface area contributed by atoms with Crippen molar-refractivity contribution in [2.45, 2.75) is 12.5 Å². The molecule has 0 radical (unpaired) electrons. The van der Waals surface area contributed by atoms with Crippen molar-refractivity contribution in [3.8, 4) is 0 Å². The number of hydrogen-bond donors (Lipinski definition) is 2. The van der Waals surface area contributed by atoms with Crippen molar-refractivity contribution in [3.05, 3.63) is 60.2 Å². The highest BCUT2D eigenvalue weighted by atomic mass is 16.6. The Bertz CT molecular complexity index is 887. The van der Waals surface area contributed by atoms with Crippen molar-refractivity contribution in [2.75, 3.05) is 38.7 Å². The predicted molar refractivity (Wildman–Crippen MR) is 111 cm³/mol. The molecule has 2 aromatic rings. The Kier molecular flexibility index (Phi) is 7.40. The van der Waals surface area contributed by atoms with Gasteiger partial charge in [0.15, 0.2) is 0 Å². The van der Waals surface area contributed by atoms with Gasteiger partial charge < -0.3 is 25.0 Å². The van der Waals surface area contributed by atoms with E-state index in [2.05, 4.69) is 10.6 Å². The molecule has 0 saturated carbocycles. The molecular formula is C22H25N3O5. The highest BCUT2D eigenvalue weighted by Crippen LogP contribution is 2.24. The first-order valence-electron chi connectivity index (χ1n) is 9.74. The minimum atomic E-state index is -0.925. The molecule has 158 valence electrons. The Hall–Kier alpha value is -3.39. The van der Waals surface area contributed by atoms with E-state index in [-0.39, 0.29) is 31.4 Å². The maximum Gasteiger partial charge on any atom is 0.308 e. The van der Waals surface area contributed by atoms with Crippen LogP contribution in [-0.4, -0.2) is 62.1 Å². The number of amides is 2. The van der Waals surface area contributed by atoms with Crippen LogP contribution < -0.4 is 10.6 Å². The number of methoxy groups -OCH3 is 1. The molecule has 1 fully saturated rings. The average molecular weight is 411 g/mol. The smallest absolute Gasteiger partial charge is 0.308 e. The second-order valence-electron chi connectivity index (χ2n) is 6.76. The quantitative estimate of drug-likeness (QED) is 0.509. The first kappa shape index (κ1) is 21.3. The van der Waals surface area contributed by atoms with Crippen LogP contribution in [-0.2, 0) is 19.1 Å². The third-order valence-electron chi connectivity index (χ3n) is 4.71. The summed E-state index contributed by atoms with van der Waals surface area (Å²) >= 11 is 0. The summed E-state index contributed by atoms with van der Waals surface area (Å²) in [7, 11) is 1.50. The van der Waals surface area contributed by atoms with E-state index in [1.54, 1.807) is 18.2 Å². The molecule has 0 aromatic heterocycles. The molecule has 1 aliphatic heterocycles. The minimum absolute atomic E-state index is 0.0987. The molecule has 2 amide bonds. The third-order valence-corrected chi connectivity index (χ3v) is 4.71. The Balaban J connectivity index is 1.78. The Labute approximate surface area is 175 Å². The van der Waals surface area contributed by atoms with Gasteiger partial charge in [-0.15, -0.1) is 0 Å². The largest absolute Gasteiger partial charge is 0.463 e. The van der Waals surface area contributed by atoms with Crippen LogP contribution in [0.5, 0.6) is 0 Å². The van der Waals surface area contributed by atoms with E-state index in [0.29, 0.717) is 24.3 Å². The number of ether oxygens (including phenoxy) is 2. The first-order valence-corrected chi connectivity index (χ1v) is 9.74. The molecule has 8 heteroatoms. The van der Waals surface area contributed by atoms with Crippen molar-refractivity contribution in [1.82, 2.24) is 10.2 Å². The number of carbonyl (C=O) groups is 3. The molecule has 1 saturated heterocycles. The molecule has 0 bridgehead atoms. The lowest BCUT2D eigenvalue weighted by molar-refractivity contribution is -0.148. The van der Waals surface area contributed by atoms with Crippen molar-refractivity contribution in [3.63, 3.8) is 0 Å². The number of hydrogen-bond acceptors (Lipinski definition) is 6. The number of esters is 1. The highest BCUT2D eigenvalue weighted by Gasteiger charge is 2.36. The molecule has 1 aliphatic rings. The van der Waals surface area contributed by atoms with E-state index in [1.165, 1.54) is 12.0 Å². The van der Waals surface area contributed by atoms with Crippen LogP contribution in [0.4, 0.5) is 11.4 Å². The molecule has 1 unspecified atom stereocenters. The average Bonchev–Trinajstić information content (AvgIpc) is 2.76. The fourth-order valence-electron chi connectivity index (χ4n) is 3.23. The van der Waals surface area contributed by atoms with Gasteiger partial charge in [-0.3, -0.25) is 14.4 Å². The van der Waals surface area contributed by atoms with Gasteiger partial charge in [0.05, 0.1) is 24.3 Å². The van der Waals surface area contributed by atoms with E-state index in [4.69, 9.17) is 9.47 Å². The molecule has 0 spiro atoms. The van der Waals surface area contributed by atoms with Crippen molar-refractivity contribution < 1.29 is 23.9 Å². The summed E-state index contributed by atoms with van der Waals surface area (Å²) in [4.78, 5) is 39.3. The minimum Gasteiger partial charge on any atom is -0.463 e. The van der Waals surface area contributed by atoms with Gasteiger partial charge in [0.25, 0.3) is 5.91 Å². The number of piperazine rings is 1. The molecule has 1 heterocycles. The van der Waals surface area contributed by atoms with Gasteiger partial charge in [-0.1, -0.05) is 30.3 Å². The molecular weight excluding hydrogens is 386 g/mol. The maximum atomic E-state index is 13.3. The lowest BCUT2D eigenvalue weighted by atomic mass is 10.1. The summed E-state index contributed by atoms with van der Waals surface area (Å²) < 4.78 is 9.93. The molecule has 2 N–H and O–H groups in total. The summed E-state index contributed by atoms with van der Waals surface area (Å²) in [6.45, 7) is 1.000. The topological polar surface area (TPSA) is 97.0 Å². The van der Waals surface area contributed by atoms with Crippen LogP contribution in [0.2, 0.25) is 0 Å². The molecule has 1 atom stereocenters. The van der Waals surface area contributed by atoms with Gasteiger partial charge in [-0.25, -0.2) is 0 Å². The molecule has 2 aromatic carbocycles. The summed E-state index contributed by atoms with van der Waals surface area (Å²) in [6, 6.07) is 15.7. The number of anilines is 2. The SMILES string of the molecule is COCCOC(=O)CC1C(=O)NCCN1C(=O)c1ccccc1Nc1ccccc1. The highest BCUT2D eigenvalue weighted by molar-refractivity contribution is 6.03. The first-order chi connectivity index (χ1) is 14.6. The van der Waals surface area contributed by atoms with E-state index in [1.807, 2.05) is 36.4 Å². The zero-order valence-corrected chi connectivity index (χ0v) is 16.8. The van der Waals surface area contributed by atoms with E-state index >= 15 is 0 Å². The summed E-state index contributed by atoms with van der Waals surface area (Å²) in [5.41, 5.74) is 1.89. The van der Waals surface area contributed by atoms with Crippen LogP contribution in [0.25, 0.3) is 0 Å². The monoisotopic (exact) mass is 411 g/mol. The van der Waals surface area contributed by atoms with Gasteiger partial charge in [0, 0.05) is 25.9 Å². The van der Waals surface area contributed by atoms with Gasteiger partial charge in [0.1, 0.15) is 12.6 Å². The Morgan fingerprint density at radius 3 is 2.60 bits per heavy atom. The van der Waals surface area contributed by atoms with Crippen molar-refractivity contribution in [2.24, 2.45) is 0 Å². The van der Waals surface area contributed by atoms with Crippen molar-refractivity contribution in [1.29, 1.82) is 0 Å². The molecule has 0 aliphatic carbocycles. The van der Waals surface area contributed by atoms with Crippen LogP contribution >= 0.6 is 0 Å². The van der Waals surface area contributed by atoms with Gasteiger partial charge >= 0.3 is 5.97 Å². The Morgan fingerprint density at radius 1 is 1.10 bits per heavy atom. The number of nitrogens with one attached hydrogen (secondary N) is 2. The molecule has 8 nitrogen and oxygen atoms in total. The van der Waals surface area contributed by atoms with Crippen molar-refractivity contribution >= 4 is 29.2 Å². The van der Waals surface area contributed by atoms with Crippen LogP contribution in [0.3, 0.4) is 0 Å². The third kappa shape index (κ3) is 5.36. The number of nitrogens with zero attached hydrogens (tertiary/aromatic N) is 1. The van der Waals surface area contributed by atoms with E-state index in [9.17, 15) is 14.4 Å². The maximum absolute atomic E-state index is 13.3. The second-order valence-corrected chi connectivity index (χ2v) is 6.76. The zero-order chi connectivity index (χ0) is 21.3. The normalized spacial score (nSPS) is 16.0. The van der Waals surface area contributed by atoms with Gasteiger partial charge in [-0.05, 0) is 24.3 Å². The van der Waals surface area contributed by atoms with Crippen LogP contribution in [0.15, 0.2) is 54.6 Å². The zero-order valence-electron chi connectivity index (χ0n) is 16.8. The predicted octanol–water partition coefficient (Wildman–Crippen LogP) is 1.95. The number of para-hydroxylation sites is 2. The van der Waals surface area contributed by atoms with Crippen LogP contribution in [0.1, 0.15) is 16.8 Å². The van der Waals surface area contributed by atoms with Gasteiger partial charge in [-0.2, -0.15) is 0 Å². The fraction of sp³-hybridized carbons (Fsp3) is 0.318.